The maximum Gasteiger partial charge on any atom is 0.324 e. The largest absolute Gasteiger partial charge is 0.367 e. The average Bonchev–Trinajstić information content (AvgIpc) is 2.98. The molecule has 0 bridgehead atoms. The van der Waals surface area contributed by atoms with Gasteiger partial charge in [-0.05, 0) is 18.6 Å². The van der Waals surface area contributed by atoms with Crippen LogP contribution >= 0.6 is 0 Å². The van der Waals surface area contributed by atoms with Gasteiger partial charge in [-0.15, -0.1) is 0 Å². The highest BCUT2D eigenvalue weighted by Gasteiger charge is 2.40. The summed E-state index contributed by atoms with van der Waals surface area (Å²) in [6.07, 6.45) is 0. The van der Waals surface area contributed by atoms with Gasteiger partial charge in [0.05, 0.1) is 16.7 Å². The molecule has 1 saturated heterocycles. The maximum atomic E-state index is 13.9. The van der Waals surface area contributed by atoms with E-state index in [4.69, 9.17) is 5.14 Å². The van der Waals surface area contributed by atoms with Gasteiger partial charge in [-0.1, -0.05) is 60.7 Å². The van der Waals surface area contributed by atoms with Crippen molar-refractivity contribution in [2.75, 3.05) is 50.1 Å². The second-order valence-corrected chi connectivity index (χ2v) is 11.3. The number of amides is 2. The molecule has 13 heteroatoms. The predicted octanol–water partition coefficient (Wildman–Crippen LogP) is 3.13. The number of nitro benzene ring substituents is 1. The molecule has 12 nitrogen and oxygen atoms in total. The number of anilines is 2. The standard InChI is InChI=1S/C28H32N6O6S/c1-19(20-10-6-4-7-11-20)31(2)28(36)32(3)25-22(33-16-14-30-15-17-33)18-23(41(29,39)40)24(26(25)34(37)38)27(35)21-12-8-5-9-13-21/h4-13,18-19,30H,14-17H2,1-3H3,(H2,29,39,40)/t19-/m0/s1. The third-order valence-corrected chi connectivity index (χ3v) is 8.15. The molecular weight excluding hydrogens is 548 g/mol. The first kappa shape index (κ1) is 29.6. The summed E-state index contributed by atoms with van der Waals surface area (Å²) in [5.41, 5.74) is -0.709. The fraction of sp³-hybridized carbons (Fsp3) is 0.286. The third-order valence-electron chi connectivity index (χ3n) is 7.21. The first-order valence-corrected chi connectivity index (χ1v) is 14.5. The molecule has 1 aliphatic heterocycles. The monoisotopic (exact) mass is 580 g/mol. The Hall–Kier alpha value is -4.33. The Morgan fingerprint density at radius 1 is 1.02 bits per heavy atom. The van der Waals surface area contributed by atoms with Crippen molar-refractivity contribution >= 4 is 38.9 Å². The summed E-state index contributed by atoms with van der Waals surface area (Å²) >= 11 is 0. The molecule has 3 N–H and O–H groups in total. The molecule has 0 aliphatic carbocycles. The minimum atomic E-state index is -4.61. The Morgan fingerprint density at radius 2 is 1.59 bits per heavy atom. The normalized spacial score (nSPS) is 14.3. The van der Waals surface area contributed by atoms with E-state index >= 15 is 0 Å². The van der Waals surface area contributed by atoms with Crippen LogP contribution in [-0.2, 0) is 10.0 Å². The van der Waals surface area contributed by atoms with E-state index in [2.05, 4.69) is 5.32 Å². The molecule has 41 heavy (non-hydrogen) atoms. The van der Waals surface area contributed by atoms with Crippen LogP contribution in [0.5, 0.6) is 0 Å². The molecule has 4 rings (SSSR count). The molecule has 3 aromatic rings. The molecule has 3 aromatic carbocycles. The Labute approximate surface area is 238 Å². The van der Waals surface area contributed by atoms with Gasteiger partial charge in [-0.2, -0.15) is 0 Å². The van der Waals surface area contributed by atoms with Crippen LogP contribution in [-0.4, -0.2) is 70.3 Å². The number of hydrogen-bond acceptors (Lipinski definition) is 8. The van der Waals surface area contributed by atoms with Gasteiger partial charge in [0.15, 0.2) is 0 Å². The molecule has 0 aromatic heterocycles. The maximum absolute atomic E-state index is 13.9. The Bertz CT molecular complexity index is 1560. The number of piperazine rings is 1. The number of rotatable bonds is 8. The number of nitro groups is 1. The zero-order valence-electron chi connectivity index (χ0n) is 23.0. The van der Waals surface area contributed by atoms with Gasteiger partial charge in [0, 0.05) is 45.8 Å². The molecular formula is C28H32N6O6S. The molecule has 1 heterocycles. The molecule has 0 radical (unpaired) electrons. The lowest BCUT2D eigenvalue weighted by atomic mass is 9.98. The number of nitrogens with one attached hydrogen (secondary N) is 1. The Morgan fingerprint density at radius 3 is 2.12 bits per heavy atom. The SMILES string of the molecule is C[C@@H](c1ccccc1)N(C)C(=O)N(C)c1c(N2CCNCC2)cc(S(N)(=O)=O)c(C(=O)c2ccccc2)c1[N+](=O)[O-]. The number of ketones is 1. The first-order valence-electron chi connectivity index (χ1n) is 12.9. The van der Waals surface area contributed by atoms with E-state index in [1.807, 2.05) is 37.3 Å². The molecule has 0 spiro atoms. The topological polar surface area (TPSA) is 159 Å². The zero-order valence-corrected chi connectivity index (χ0v) is 23.8. The van der Waals surface area contributed by atoms with Crippen LogP contribution in [0, 0.1) is 10.1 Å². The molecule has 0 saturated carbocycles. The number of benzene rings is 3. The van der Waals surface area contributed by atoms with Gasteiger partial charge in [-0.25, -0.2) is 18.4 Å². The summed E-state index contributed by atoms with van der Waals surface area (Å²) in [7, 11) is -1.67. The molecule has 1 fully saturated rings. The Kier molecular flexibility index (Phi) is 8.71. The summed E-state index contributed by atoms with van der Waals surface area (Å²) in [6, 6.07) is 17.0. The fourth-order valence-electron chi connectivity index (χ4n) is 4.91. The highest BCUT2D eigenvalue weighted by atomic mass is 32.2. The molecule has 0 unspecified atom stereocenters. The van der Waals surface area contributed by atoms with Gasteiger partial charge in [0.25, 0.3) is 0 Å². The lowest BCUT2D eigenvalue weighted by Gasteiger charge is -2.35. The summed E-state index contributed by atoms with van der Waals surface area (Å²) in [6.45, 7) is 3.61. The number of nitrogens with two attached hydrogens (primary N) is 1. The van der Waals surface area contributed by atoms with Gasteiger partial charge >= 0.3 is 11.7 Å². The van der Waals surface area contributed by atoms with Crippen molar-refractivity contribution in [3.05, 3.63) is 93.5 Å². The van der Waals surface area contributed by atoms with Crippen LogP contribution in [0.4, 0.5) is 21.9 Å². The van der Waals surface area contributed by atoms with E-state index in [1.165, 1.54) is 30.1 Å². The van der Waals surface area contributed by atoms with E-state index in [0.717, 1.165) is 10.5 Å². The Balaban J connectivity index is 1.99. The van der Waals surface area contributed by atoms with E-state index in [0.29, 0.717) is 26.2 Å². The van der Waals surface area contributed by atoms with Crippen LogP contribution in [0.25, 0.3) is 0 Å². The number of carbonyl (C=O) groups excluding carboxylic acids is 2. The third kappa shape index (κ3) is 6.06. The van der Waals surface area contributed by atoms with Crippen LogP contribution in [0.2, 0.25) is 0 Å². The summed E-state index contributed by atoms with van der Waals surface area (Å²) < 4.78 is 25.7. The van der Waals surface area contributed by atoms with Crippen molar-refractivity contribution < 1.29 is 22.9 Å². The van der Waals surface area contributed by atoms with Crippen LogP contribution in [0.1, 0.15) is 34.5 Å². The van der Waals surface area contributed by atoms with Crippen molar-refractivity contribution in [2.24, 2.45) is 5.14 Å². The molecule has 216 valence electrons. The molecule has 1 atom stereocenters. The van der Waals surface area contributed by atoms with Crippen molar-refractivity contribution in [3.8, 4) is 0 Å². The number of urea groups is 1. The quantitative estimate of drug-likeness (QED) is 0.234. The lowest BCUT2D eigenvalue weighted by Crippen LogP contribution is -2.45. The number of primary sulfonamides is 1. The lowest BCUT2D eigenvalue weighted by molar-refractivity contribution is -0.384. The second-order valence-electron chi connectivity index (χ2n) is 9.74. The van der Waals surface area contributed by atoms with Crippen LogP contribution < -0.4 is 20.3 Å². The summed E-state index contributed by atoms with van der Waals surface area (Å²) in [4.78, 5) is 43.2. The van der Waals surface area contributed by atoms with Crippen molar-refractivity contribution in [1.29, 1.82) is 0 Å². The van der Waals surface area contributed by atoms with Gasteiger partial charge in [0.2, 0.25) is 15.8 Å². The minimum Gasteiger partial charge on any atom is -0.367 e. The van der Waals surface area contributed by atoms with Gasteiger partial charge in [0.1, 0.15) is 16.1 Å². The highest BCUT2D eigenvalue weighted by Crippen LogP contribution is 2.45. The van der Waals surface area contributed by atoms with Crippen molar-refractivity contribution in [2.45, 2.75) is 17.9 Å². The molecule has 1 aliphatic rings. The molecule has 2 amide bonds. The number of carbonyl (C=O) groups is 2. The number of nitrogens with zero attached hydrogens (tertiary/aromatic N) is 4. The van der Waals surface area contributed by atoms with Crippen molar-refractivity contribution in [3.63, 3.8) is 0 Å². The predicted molar refractivity (Wildman–Crippen MR) is 156 cm³/mol. The van der Waals surface area contributed by atoms with Crippen LogP contribution in [0.15, 0.2) is 71.6 Å². The van der Waals surface area contributed by atoms with E-state index < -0.39 is 48.9 Å². The second kappa shape index (κ2) is 12.0. The van der Waals surface area contributed by atoms with Crippen LogP contribution in [0.3, 0.4) is 0 Å². The van der Waals surface area contributed by atoms with Gasteiger partial charge < -0.3 is 15.1 Å². The minimum absolute atomic E-state index is 0.0326. The zero-order chi connectivity index (χ0) is 29.9. The van der Waals surface area contributed by atoms with Crippen molar-refractivity contribution in [1.82, 2.24) is 10.2 Å². The summed E-state index contributed by atoms with van der Waals surface area (Å²) in [5.74, 6) is -0.902. The van der Waals surface area contributed by atoms with E-state index in [1.54, 1.807) is 30.1 Å². The smallest absolute Gasteiger partial charge is 0.324 e. The first-order chi connectivity index (χ1) is 19.4. The number of hydrogen-bond donors (Lipinski definition) is 2. The summed E-state index contributed by atoms with van der Waals surface area (Å²) in [5, 5.41) is 21.5. The van der Waals surface area contributed by atoms with Gasteiger partial charge in [-0.3, -0.25) is 19.8 Å². The average molecular weight is 581 g/mol. The number of sulfonamides is 1. The van der Waals surface area contributed by atoms with E-state index in [-0.39, 0.29) is 16.9 Å². The fourth-order valence-corrected chi connectivity index (χ4v) is 5.66. The van der Waals surface area contributed by atoms with E-state index in [9.17, 15) is 28.1 Å². The highest BCUT2D eigenvalue weighted by molar-refractivity contribution is 7.89.